The minimum atomic E-state index is 0.954. The lowest BCUT2D eigenvalue weighted by molar-refractivity contribution is 0.822. The lowest BCUT2D eigenvalue weighted by atomic mass is 9.97. The summed E-state index contributed by atoms with van der Waals surface area (Å²) in [4.78, 5) is 0. The van der Waals surface area contributed by atoms with Gasteiger partial charge in [-0.05, 0) is 62.4 Å². The van der Waals surface area contributed by atoms with Crippen molar-refractivity contribution in [3.05, 3.63) is 82.0 Å². The smallest absolute Gasteiger partial charge is 0.0415 e. The van der Waals surface area contributed by atoms with Gasteiger partial charge in [-0.1, -0.05) is 80.0 Å². The van der Waals surface area contributed by atoms with Crippen molar-refractivity contribution in [3.8, 4) is 0 Å². The Balaban J connectivity index is 0.00000132. The zero-order valence-corrected chi connectivity index (χ0v) is 20.3. The number of rotatable bonds is 9. The van der Waals surface area contributed by atoms with Crippen molar-refractivity contribution < 1.29 is 0 Å². The van der Waals surface area contributed by atoms with Gasteiger partial charge in [-0.2, -0.15) is 0 Å². The third-order valence-electron chi connectivity index (χ3n) is 4.43. The topological polar surface area (TPSA) is 24.1 Å². The maximum atomic E-state index is 4.22. The number of hydrogen-bond donors (Lipinski definition) is 2. The molecule has 0 saturated heterocycles. The van der Waals surface area contributed by atoms with E-state index in [2.05, 4.69) is 109 Å². The molecule has 0 aliphatic carbocycles. The first kappa shape index (κ1) is 25.0. The van der Waals surface area contributed by atoms with E-state index in [0.717, 1.165) is 41.7 Å². The Morgan fingerprint density at radius 2 is 1.69 bits per heavy atom. The Morgan fingerprint density at radius 3 is 2.34 bits per heavy atom. The van der Waals surface area contributed by atoms with Gasteiger partial charge in [0.05, 0.1) is 0 Å². The van der Waals surface area contributed by atoms with Gasteiger partial charge >= 0.3 is 0 Å². The number of aryl methyl sites for hydroxylation is 2. The highest BCUT2D eigenvalue weighted by Gasteiger charge is 2.08. The molecule has 2 rings (SSSR count). The van der Waals surface area contributed by atoms with Gasteiger partial charge in [-0.15, -0.1) is 0 Å². The van der Waals surface area contributed by atoms with E-state index in [1.165, 1.54) is 28.8 Å². The fourth-order valence-corrected chi connectivity index (χ4v) is 3.26. The third kappa shape index (κ3) is 8.91. The molecule has 0 saturated carbocycles. The molecule has 0 fully saturated rings. The molecule has 2 aromatic rings. The molecule has 3 heteroatoms. The minimum Gasteiger partial charge on any atom is -0.385 e. The van der Waals surface area contributed by atoms with Crippen LogP contribution in [0.1, 0.15) is 64.2 Å². The van der Waals surface area contributed by atoms with Gasteiger partial charge in [-0.3, -0.25) is 0 Å². The van der Waals surface area contributed by atoms with Crippen molar-refractivity contribution in [1.29, 1.82) is 0 Å². The number of nitrogens with one attached hydrogen (secondary N) is 2. The average molecular weight is 458 g/mol. The molecule has 0 bridgehead atoms. The average Bonchev–Trinajstić information content (AvgIpc) is 2.72. The molecule has 0 amide bonds. The lowest BCUT2D eigenvalue weighted by Crippen LogP contribution is -2.13. The van der Waals surface area contributed by atoms with E-state index < -0.39 is 0 Å². The predicted octanol–water partition coefficient (Wildman–Crippen LogP) is 7.96. The first-order chi connectivity index (χ1) is 14.0. The van der Waals surface area contributed by atoms with E-state index in [1.54, 1.807) is 0 Å². The summed E-state index contributed by atoms with van der Waals surface area (Å²) < 4.78 is 1.11. The van der Waals surface area contributed by atoms with Crippen LogP contribution in [-0.2, 0) is 12.8 Å². The number of anilines is 1. The van der Waals surface area contributed by atoms with Crippen LogP contribution in [0, 0.1) is 0 Å². The van der Waals surface area contributed by atoms with Crippen molar-refractivity contribution in [3.63, 3.8) is 0 Å². The monoisotopic (exact) mass is 456 g/mol. The second-order valence-corrected chi connectivity index (χ2v) is 8.08. The maximum absolute atomic E-state index is 4.22. The molecule has 0 spiro atoms. The van der Waals surface area contributed by atoms with E-state index in [-0.39, 0.29) is 0 Å². The van der Waals surface area contributed by atoms with Gasteiger partial charge in [0.15, 0.2) is 0 Å². The molecule has 0 atom stereocenters. The van der Waals surface area contributed by atoms with Crippen LogP contribution in [0.2, 0.25) is 0 Å². The number of benzene rings is 2. The Kier molecular flexibility index (Phi) is 12.1. The molecule has 2 nitrogen and oxygen atoms in total. The summed E-state index contributed by atoms with van der Waals surface area (Å²) >= 11 is 3.61. The molecule has 0 unspecified atom stereocenters. The zero-order valence-electron chi connectivity index (χ0n) is 18.7. The standard InChI is InChI=1S/C23H29BrN2.C3H8/c1-5-15-25-18(4)22-10-8-7-9-19(22)11-12-20-16-21(24)13-14-23(20)26-17(3)6-2;1-3-2/h6-10,13-14,16,25-26H,4-5,11-12,15H2,1-3H3;3H2,1-2H3/b17-6-;. The molecule has 0 aliphatic rings. The van der Waals surface area contributed by atoms with Gasteiger partial charge in [0.25, 0.3) is 0 Å². The predicted molar refractivity (Wildman–Crippen MR) is 134 cm³/mol. The van der Waals surface area contributed by atoms with E-state index in [1.807, 2.05) is 6.92 Å². The van der Waals surface area contributed by atoms with Crippen LogP contribution in [0.3, 0.4) is 0 Å². The highest BCUT2D eigenvalue weighted by molar-refractivity contribution is 9.10. The van der Waals surface area contributed by atoms with Crippen molar-refractivity contribution in [2.45, 2.75) is 60.3 Å². The Bertz CT molecular complexity index is 793. The summed E-state index contributed by atoms with van der Waals surface area (Å²) in [6, 6.07) is 15.0. The molecule has 2 N–H and O–H groups in total. The second-order valence-electron chi connectivity index (χ2n) is 7.17. The normalized spacial score (nSPS) is 10.8. The summed E-state index contributed by atoms with van der Waals surface area (Å²) in [7, 11) is 0. The van der Waals surface area contributed by atoms with Gasteiger partial charge in [0, 0.05) is 33.7 Å². The lowest BCUT2D eigenvalue weighted by Gasteiger charge is -2.16. The molecule has 158 valence electrons. The van der Waals surface area contributed by atoms with Crippen LogP contribution in [0.5, 0.6) is 0 Å². The molecule has 0 heterocycles. The largest absolute Gasteiger partial charge is 0.385 e. The molecular formula is C26H37BrN2. The van der Waals surface area contributed by atoms with Crippen LogP contribution in [0.15, 0.2) is 65.3 Å². The number of allylic oxidation sites excluding steroid dienone is 2. The maximum Gasteiger partial charge on any atom is 0.0415 e. The third-order valence-corrected chi connectivity index (χ3v) is 4.92. The molecular weight excluding hydrogens is 420 g/mol. The zero-order chi connectivity index (χ0) is 21.6. The van der Waals surface area contributed by atoms with Crippen molar-refractivity contribution in [2.24, 2.45) is 0 Å². The fourth-order valence-electron chi connectivity index (χ4n) is 2.85. The minimum absolute atomic E-state index is 0.954. The summed E-state index contributed by atoms with van der Waals surface area (Å²) in [6.07, 6.45) is 6.38. The van der Waals surface area contributed by atoms with Gasteiger partial charge in [0.1, 0.15) is 0 Å². The summed E-state index contributed by atoms with van der Waals surface area (Å²) in [6.45, 7) is 15.7. The van der Waals surface area contributed by atoms with E-state index in [0.29, 0.717) is 0 Å². The molecule has 29 heavy (non-hydrogen) atoms. The summed E-state index contributed by atoms with van der Waals surface area (Å²) in [5.41, 5.74) is 7.20. The quantitative estimate of drug-likeness (QED) is 0.399. The van der Waals surface area contributed by atoms with Crippen LogP contribution < -0.4 is 10.6 Å². The van der Waals surface area contributed by atoms with Crippen LogP contribution in [-0.4, -0.2) is 6.54 Å². The van der Waals surface area contributed by atoms with E-state index in [4.69, 9.17) is 0 Å². The van der Waals surface area contributed by atoms with Gasteiger partial charge < -0.3 is 10.6 Å². The van der Waals surface area contributed by atoms with E-state index >= 15 is 0 Å². The molecule has 0 radical (unpaired) electrons. The van der Waals surface area contributed by atoms with Crippen LogP contribution in [0.4, 0.5) is 5.69 Å². The van der Waals surface area contributed by atoms with Gasteiger partial charge in [-0.25, -0.2) is 0 Å². The van der Waals surface area contributed by atoms with E-state index in [9.17, 15) is 0 Å². The molecule has 0 aromatic heterocycles. The molecule has 0 aliphatic heterocycles. The summed E-state index contributed by atoms with van der Waals surface area (Å²) in [5.74, 6) is 0. The second kappa shape index (κ2) is 14.1. The van der Waals surface area contributed by atoms with Crippen molar-refractivity contribution in [2.75, 3.05) is 11.9 Å². The number of hydrogen-bond acceptors (Lipinski definition) is 2. The first-order valence-electron chi connectivity index (χ1n) is 10.7. The summed E-state index contributed by atoms with van der Waals surface area (Å²) in [5, 5.41) is 6.92. The molecule has 2 aromatic carbocycles. The number of halogens is 1. The highest BCUT2D eigenvalue weighted by atomic mass is 79.9. The van der Waals surface area contributed by atoms with Gasteiger partial charge in [0.2, 0.25) is 0 Å². The Hall–Kier alpha value is -2.00. The SMILES string of the molecule is C=C(NCCC)c1ccccc1CCc1cc(Br)ccc1N/C(C)=C\C.CCC. The van der Waals surface area contributed by atoms with Crippen molar-refractivity contribution in [1.82, 2.24) is 5.32 Å². The Morgan fingerprint density at radius 1 is 1.03 bits per heavy atom. The Labute approximate surface area is 186 Å². The highest BCUT2D eigenvalue weighted by Crippen LogP contribution is 2.25. The fraction of sp³-hybridized carbons (Fsp3) is 0.385. The first-order valence-corrected chi connectivity index (χ1v) is 11.4. The van der Waals surface area contributed by atoms with Crippen LogP contribution in [0.25, 0.3) is 5.70 Å². The van der Waals surface area contributed by atoms with Crippen molar-refractivity contribution >= 4 is 27.3 Å². The van der Waals surface area contributed by atoms with Crippen LogP contribution >= 0.6 is 15.9 Å².